The maximum atomic E-state index is 9.15. The number of hydrogen-bond donors (Lipinski definition) is 1. The van der Waals surface area contributed by atoms with Crippen molar-refractivity contribution in [2.24, 2.45) is 0 Å². The van der Waals surface area contributed by atoms with Gasteiger partial charge in [-0.25, -0.2) is 0 Å². The van der Waals surface area contributed by atoms with Gasteiger partial charge in [-0.3, -0.25) is 0 Å². The Morgan fingerprint density at radius 2 is 1.14 bits per heavy atom. The zero-order chi connectivity index (χ0) is 9.97. The van der Waals surface area contributed by atoms with Gasteiger partial charge in [-0.2, -0.15) is 0 Å². The number of rotatable bonds is 1. The fraction of sp³-hybridized carbons (Fsp3) is 0. The van der Waals surface area contributed by atoms with Crippen molar-refractivity contribution in [1.82, 2.24) is 0 Å². The molecule has 2 rings (SSSR count). The fourth-order valence-corrected chi connectivity index (χ4v) is 1.66. The summed E-state index contributed by atoms with van der Waals surface area (Å²) in [5.74, 6) is 0.305. The van der Waals surface area contributed by atoms with Crippen LogP contribution in [-0.4, -0.2) is 5.11 Å². The predicted octanol–water partition coefficient (Wildman–Crippen LogP) is 3.66. The van der Waals surface area contributed by atoms with E-state index in [9.17, 15) is 0 Å². The van der Waals surface area contributed by atoms with Crippen LogP contribution in [0.2, 0.25) is 0 Å². The summed E-state index contributed by atoms with van der Waals surface area (Å²) in [6.45, 7) is 0. The fourth-order valence-electron chi connectivity index (χ4n) is 1.30. The van der Waals surface area contributed by atoms with Crippen molar-refractivity contribution in [3.63, 3.8) is 0 Å². The molecular weight excluding hydrogens is 287 g/mol. The van der Waals surface area contributed by atoms with Gasteiger partial charge in [-0.15, -0.1) is 0 Å². The molecule has 0 spiro atoms. The molecule has 0 fully saturated rings. The Bertz CT molecular complexity index is 374. The van der Waals surface area contributed by atoms with Crippen LogP contribution < -0.4 is 0 Å². The molecule has 1 nitrogen and oxygen atoms in total. The van der Waals surface area contributed by atoms with E-state index < -0.39 is 0 Å². The van der Waals surface area contributed by atoms with Crippen LogP contribution in [0.15, 0.2) is 48.5 Å². The molecule has 0 aliphatic rings. The average molecular weight is 296 g/mol. The number of aromatic hydroxyl groups is 1. The van der Waals surface area contributed by atoms with Crippen LogP contribution in [-0.2, 0) is 0 Å². The molecule has 0 heterocycles. The zero-order valence-corrected chi connectivity index (χ0v) is 9.60. The predicted molar refractivity (Wildman–Crippen MR) is 66.3 cm³/mol. The molecule has 0 saturated heterocycles. The Balaban J connectivity index is 2.40. The first-order valence-corrected chi connectivity index (χ1v) is 5.38. The van der Waals surface area contributed by atoms with Crippen molar-refractivity contribution in [3.8, 4) is 16.9 Å². The lowest BCUT2D eigenvalue weighted by Gasteiger charge is -2.01. The molecule has 0 unspecified atom stereocenters. The lowest BCUT2D eigenvalue weighted by Crippen LogP contribution is -1.77. The number of halogens is 1. The van der Waals surface area contributed by atoms with E-state index in [4.69, 9.17) is 5.11 Å². The van der Waals surface area contributed by atoms with E-state index in [1.165, 1.54) is 9.13 Å². The Morgan fingerprint density at radius 1 is 0.714 bits per heavy atom. The monoisotopic (exact) mass is 296 g/mol. The second-order valence-corrected chi connectivity index (χ2v) is 4.30. The van der Waals surface area contributed by atoms with Crippen molar-refractivity contribution < 1.29 is 5.11 Å². The number of phenolic OH excluding ortho intramolecular Hbond substituents is 1. The van der Waals surface area contributed by atoms with Crippen molar-refractivity contribution in [3.05, 3.63) is 52.1 Å². The van der Waals surface area contributed by atoms with Gasteiger partial charge in [0.05, 0.1) is 0 Å². The van der Waals surface area contributed by atoms with Crippen LogP contribution in [0.4, 0.5) is 0 Å². The minimum absolute atomic E-state index is 0.305. The standard InChI is InChI=1S/C12H9IO/c13-11-5-1-9(2-6-11)10-3-7-12(14)8-4-10/h1-8,14H. The first kappa shape index (κ1) is 9.52. The first-order valence-electron chi connectivity index (χ1n) is 4.31. The van der Waals surface area contributed by atoms with Crippen molar-refractivity contribution in [2.45, 2.75) is 0 Å². The highest BCUT2D eigenvalue weighted by Gasteiger charge is 1.96. The number of benzene rings is 2. The first-order chi connectivity index (χ1) is 6.75. The van der Waals surface area contributed by atoms with Crippen molar-refractivity contribution >= 4 is 22.6 Å². The molecule has 70 valence electrons. The quantitative estimate of drug-likeness (QED) is 0.796. The van der Waals surface area contributed by atoms with Gasteiger partial charge in [0, 0.05) is 3.57 Å². The molecule has 2 aromatic carbocycles. The molecule has 0 aliphatic carbocycles. The molecule has 2 heteroatoms. The Hall–Kier alpha value is -1.03. The molecule has 0 amide bonds. The van der Waals surface area contributed by atoms with Crippen LogP contribution in [0, 0.1) is 3.57 Å². The zero-order valence-electron chi connectivity index (χ0n) is 7.44. The van der Waals surface area contributed by atoms with Gasteiger partial charge in [0.15, 0.2) is 0 Å². The summed E-state index contributed by atoms with van der Waals surface area (Å²) in [6.07, 6.45) is 0. The van der Waals surface area contributed by atoms with Crippen LogP contribution in [0.5, 0.6) is 5.75 Å². The van der Waals surface area contributed by atoms with E-state index in [1.54, 1.807) is 12.1 Å². The van der Waals surface area contributed by atoms with E-state index in [1.807, 2.05) is 12.1 Å². The Labute approximate surface area is 96.5 Å². The molecule has 14 heavy (non-hydrogen) atoms. The van der Waals surface area contributed by atoms with Gasteiger partial charge in [0.2, 0.25) is 0 Å². The number of phenols is 1. The van der Waals surface area contributed by atoms with E-state index in [0.29, 0.717) is 5.75 Å². The van der Waals surface area contributed by atoms with Gasteiger partial charge in [0.1, 0.15) is 5.75 Å². The Kier molecular flexibility index (Phi) is 2.72. The summed E-state index contributed by atoms with van der Waals surface area (Å²) in [5, 5.41) is 9.15. The molecule has 0 saturated carbocycles. The van der Waals surface area contributed by atoms with Gasteiger partial charge in [0.25, 0.3) is 0 Å². The maximum absolute atomic E-state index is 9.15. The second-order valence-electron chi connectivity index (χ2n) is 3.05. The van der Waals surface area contributed by atoms with E-state index in [-0.39, 0.29) is 0 Å². The highest BCUT2D eigenvalue weighted by atomic mass is 127. The summed E-state index contributed by atoms with van der Waals surface area (Å²) in [6, 6.07) is 15.5. The summed E-state index contributed by atoms with van der Waals surface area (Å²) in [4.78, 5) is 0. The maximum Gasteiger partial charge on any atom is 0.115 e. The third kappa shape index (κ3) is 2.07. The largest absolute Gasteiger partial charge is 0.508 e. The topological polar surface area (TPSA) is 20.2 Å². The van der Waals surface area contributed by atoms with E-state index in [0.717, 1.165) is 5.56 Å². The molecule has 0 bridgehead atoms. The lowest BCUT2D eigenvalue weighted by atomic mass is 10.1. The van der Waals surface area contributed by atoms with Gasteiger partial charge < -0.3 is 5.11 Å². The van der Waals surface area contributed by atoms with Crippen LogP contribution in [0.25, 0.3) is 11.1 Å². The average Bonchev–Trinajstić information content (AvgIpc) is 2.21. The van der Waals surface area contributed by atoms with Crippen molar-refractivity contribution in [1.29, 1.82) is 0 Å². The third-order valence-corrected chi connectivity index (χ3v) is 2.76. The van der Waals surface area contributed by atoms with Crippen LogP contribution in [0.1, 0.15) is 0 Å². The van der Waals surface area contributed by atoms with Crippen molar-refractivity contribution in [2.75, 3.05) is 0 Å². The van der Waals surface area contributed by atoms with Gasteiger partial charge in [-0.05, 0) is 58.0 Å². The highest BCUT2D eigenvalue weighted by Crippen LogP contribution is 2.22. The lowest BCUT2D eigenvalue weighted by molar-refractivity contribution is 0.475. The molecule has 0 aromatic heterocycles. The molecule has 0 radical (unpaired) electrons. The molecule has 0 atom stereocenters. The molecule has 0 aliphatic heterocycles. The van der Waals surface area contributed by atoms with E-state index in [2.05, 4.69) is 46.9 Å². The normalized spacial score (nSPS) is 10.1. The second kappa shape index (κ2) is 4.00. The third-order valence-electron chi connectivity index (χ3n) is 2.04. The number of hydrogen-bond acceptors (Lipinski definition) is 1. The summed E-state index contributed by atoms with van der Waals surface area (Å²) in [7, 11) is 0. The minimum atomic E-state index is 0.305. The van der Waals surface area contributed by atoms with Crippen LogP contribution >= 0.6 is 22.6 Å². The van der Waals surface area contributed by atoms with Gasteiger partial charge in [-0.1, -0.05) is 24.3 Å². The minimum Gasteiger partial charge on any atom is -0.508 e. The summed E-state index contributed by atoms with van der Waals surface area (Å²) >= 11 is 2.28. The van der Waals surface area contributed by atoms with Crippen LogP contribution in [0.3, 0.4) is 0 Å². The smallest absolute Gasteiger partial charge is 0.115 e. The summed E-state index contributed by atoms with van der Waals surface area (Å²) < 4.78 is 1.23. The molecule has 2 aromatic rings. The van der Waals surface area contributed by atoms with E-state index >= 15 is 0 Å². The molecule has 1 N–H and O–H groups in total. The highest BCUT2D eigenvalue weighted by molar-refractivity contribution is 14.1. The molecular formula is C12H9IO. The SMILES string of the molecule is Oc1ccc(-c2ccc(I)cc2)cc1. The Morgan fingerprint density at radius 3 is 1.64 bits per heavy atom. The van der Waals surface area contributed by atoms with Gasteiger partial charge >= 0.3 is 0 Å². The summed E-state index contributed by atoms with van der Waals surface area (Å²) in [5.41, 5.74) is 2.30.